The van der Waals surface area contributed by atoms with E-state index in [1.54, 1.807) is 0 Å². The Morgan fingerprint density at radius 2 is 2.50 bits per heavy atom. The topological polar surface area (TPSA) is 49.7 Å². The van der Waals surface area contributed by atoms with Crippen LogP contribution in [0.25, 0.3) is 0 Å². The van der Waals surface area contributed by atoms with E-state index in [0.717, 1.165) is 0 Å². The van der Waals surface area contributed by atoms with Crippen molar-refractivity contribution in [1.82, 2.24) is 0 Å². The smallest absolute Gasteiger partial charge is 0.340 e. The quantitative estimate of drug-likeness (QED) is 0.309. The van der Waals surface area contributed by atoms with Crippen molar-refractivity contribution in [3.8, 4) is 0 Å². The summed E-state index contributed by atoms with van der Waals surface area (Å²) in [6.45, 7) is 0. The molecule has 0 saturated heterocycles. The third-order valence-electron chi connectivity index (χ3n) is 0.370. The minimum atomic E-state index is -1.07. The summed E-state index contributed by atoms with van der Waals surface area (Å²) in [6.07, 6.45) is 0. The van der Waals surface area contributed by atoms with Gasteiger partial charge in [-0.1, -0.05) is 0 Å². The van der Waals surface area contributed by atoms with Crippen LogP contribution in [0.5, 0.6) is 0 Å². The molecule has 44 valence electrons. The number of halogens is 1. The highest BCUT2D eigenvalue weighted by Crippen LogP contribution is 1.98. The molecule has 0 heterocycles. The number of nitrogens with zero attached hydrogens (tertiary/aromatic N) is 1. The molecule has 0 rings (SSSR count). The van der Waals surface area contributed by atoms with E-state index in [1.807, 2.05) is 5.16 Å². The number of alkyl halides is 1. The van der Waals surface area contributed by atoms with Gasteiger partial charge in [-0.15, -0.1) is 0 Å². The molecule has 0 aromatic carbocycles. The lowest BCUT2D eigenvalue weighted by Crippen LogP contribution is -2.08. The first-order valence-electron chi connectivity index (χ1n) is 1.62. The van der Waals surface area contributed by atoms with Gasteiger partial charge in [0, 0.05) is 0 Å². The summed E-state index contributed by atoms with van der Waals surface area (Å²) in [4.78, 5) is 12.1. The van der Waals surface area contributed by atoms with Gasteiger partial charge in [-0.05, 0) is 28.1 Å². The van der Waals surface area contributed by atoms with E-state index in [4.69, 9.17) is 5.11 Å². The molecule has 1 atom stereocenters. The second-order valence-electron chi connectivity index (χ2n) is 0.894. The lowest BCUT2D eigenvalue weighted by atomic mass is 10.7. The predicted molar refractivity (Wildman–Crippen MR) is 35.4 cm³/mol. The van der Waals surface area contributed by atoms with Crippen LogP contribution >= 0.6 is 28.1 Å². The molecule has 0 spiro atoms. The summed E-state index contributed by atoms with van der Waals surface area (Å²) in [7, 11) is 0. The molecule has 8 heavy (non-hydrogen) atoms. The molecule has 0 aromatic heterocycles. The number of hydrogen-bond acceptors (Lipinski definition) is 3. The van der Waals surface area contributed by atoms with Crippen LogP contribution in [0.2, 0.25) is 0 Å². The molecule has 0 aliphatic rings. The van der Waals surface area contributed by atoms with Crippen LogP contribution in [0.4, 0.5) is 0 Å². The van der Waals surface area contributed by atoms with Crippen LogP contribution in [-0.2, 0) is 4.79 Å². The zero-order chi connectivity index (χ0) is 6.57. The van der Waals surface area contributed by atoms with Crippen LogP contribution in [0.15, 0.2) is 4.99 Å². The summed E-state index contributed by atoms with van der Waals surface area (Å²) in [5.74, 6) is -1.07. The Bertz CT molecular complexity index is 140. The standard InChI is InChI=1S/C3H2BrNO2S/c4-2(3(6)7)5-1-8/h2H,(H,6,7). The molecule has 5 heteroatoms. The molecule has 1 N–H and O–H groups in total. The van der Waals surface area contributed by atoms with E-state index < -0.39 is 10.9 Å². The lowest BCUT2D eigenvalue weighted by Gasteiger charge is -1.88. The number of aliphatic carboxylic acids is 1. The highest BCUT2D eigenvalue weighted by Gasteiger charge is 2.07. The number of carboxylic acid groups (broad SMARTS) is 1. The van der Waals surface area contributed by atoms with Crippen molar-refractivity contribution in [3.63, 3.8) is 0 Å². The van der Waals surface area contributed by atoms with E-state index in [9.17, 15) is 4.79 Å². The average molecular weight is 196 g/mol. The predicted octanol–water partition coefficient (Wildman–Crippen LogP) is 0.895. The van der Waals surface area contributed by atoms with Gasteiger partial charge in [0.15, 0.2) is 0 Å². The number of carboxylic acids is 1. The molecule has 0 amide bonds. The van der Waals surface area contributed by atoms with Gasteiger partial charge in [0.05, 0.1) is 5.16 Å². The lowest BCUT2D eigenvalue weighted by molar-refractivity contribution is -0.136. The van der Waals surface area contributed by atoms with Crippen molar-refractivity contribution in [1.29, 1.82) is 0 Å². The summed E-state index contributed by atoms with van der Waals surface area (Å²) >= 11 is 6.84. The van der Waals surface area contributed by atoms with Gasteiger partial charge in [-0.3, -0.25) is 0 Å². The molecule has 1 unspecified atom stereocenters. The second kappa shape index (κ2) is 3.72. The van der Waals surface area contributed by atoms with Gasteiger partial charge in [0.2, 0.25) is 4.95 Å². The van der Waals surface area contributed by atoms with E-state index in [2.05, 4.69) is 33.1 Å². The molecule has 0 saturated carbocycles. The van der Waals surface area contributed by atoms with Crippen molar-refractivity contribution in [2.24, 2.45) is 4.99 Å². The second-order valence-corrected chi connectivity index (χ2v) is 1.94. The zero-order valence-corrected chi connectivity index (χ0v) is 6.07. The molecule has 0 fully saturated rings. The van der Waals surface area contributed by atoms with Crippen LogP contribution < -0.4 is 0 Å². The van der Waals surface area contributed by atoms with Gasteiger partial charge in [0.1, 0.15) is 0 Å². The normalized spacial score (nSPS) is 11.6. The molecule has 0 aliphatic carbocycles. The first-order chi connectivity index (χ1) is 3.68. The molecule has 0 aliphatic heterocycles. The van der Waals surface area contributed by atoms with Crippen LogP contribution in [0.3, 0.4) is 0 Å². The minimum Gasteiger partial charge on any atom is -0.479 e. The Hall–Kier alpha value is -0.250. The molecule has 0 bridgehead atoms. The Kier molecular flexibility index (Phi) is 3.60. The fourth-order valence-corrected chi connectivity index (χ4v) is 0.445. The summed E-state index contributed by atoms with van der Waals surface area (Å²) in [5.41, 5.74) is 0. The Balaban J connectivity index is 3.82. The monoisotopic (exact) mass is 195 g/mol. The molecule has 0 aromatic rings. The van der Waals surface area contributed by atoms with Crippen molar-refractivity contribution < 1.29 is 9.90 Å². The number of isothiocyanates is 1. The van der Waals surface area contributed by atoms with Crippen LogP contribution in [-0.4, -0.2) is 21.2 Å². The van der Waals surface area contributed by atoms with Crippen molar-refractivity contribution in [3.05, 3.63) is 0 Å². The van der Waals surface area contributed by atoms with E-state index in [-0.39, 0.29) is 0 Å². The summed E-state index contributed by atoms with van der Waals surface area (Å²) in [6, 6.07) is 0. The number of carbonyl (C=O) groups is 1. The summed E-state index contributed by atoms with van der Waals surface area (Å²) in [5, 5.41) is 10.0. The average Bonchev–Trinajstić information content (AvgIpc) is 1.67. The Morgan fingerprint density at radius 3 is 2.62 bits per heavy atom. The van der Waals surface area contributed by atoms with Gasteiger partial charge in [-0.2, -0.15) is 0 Å². The Labute approximate surface area is 59.5 Å². The first kappa shape index (κ1) is 7.75. The van der Waals surface area contributed by atoms with Crippen LogP contribution in [0.1, 0.15) is 0 Å². The van der Waals surface area contributed by atoms with E-state index in [0.29, 0.717) is 0 Å². The van der Waals surface area contributed by atoms with Crippen molar-refractivity contribution >= 4 is 39.3 Å². The number of thiocarbonyl (C=S) groups is 1. The van der Waals surface area contributed by atoms with Gasteiger partial charge in [-0.25, -0.2) is 9.79 Å². The number of rotatable bonds is 2. The fourth-order valence-electron chi connectivity index (χ4n) is 0.101. The van der Waals surface area contributed by atoms with Crippen molar-refractivity contribution in [2.75, 3.05) is 0 Å². The SMILES string of the molecule is O=C(O)C(Br)N=C=S. The highest BCUT2D eigenvalue weighted by molar-refractivity contribution is 9.10. The maximum absolute atomic E-state index is 9.86. The van der Waals surface area contributed by atoms with E-state index >= 15 is 0 Å². The third kappa shape index (κ3) is 2.85. The van der Waals surface area contributed by atoms with Crippen molar-refractivity contribution in [2.45, 2.75) is 4.95 Å². The maximum atomic E-state index is 9.86. The van der Waals surface area contributed by atoms with Gasteiger partial charge < -0.3 is 5.11 Å². The summed E-state index contributed by atoms with van der Waals surface area (Å²) < 4.78 is 0. The molecular formula is C3H2BrNO2S. The fraction of sp³-hybridized carbons (Fsp3) is 0.333. The van der Waals surface area contributed by atoms with Gasteiger partial charge >= 0.3 is 5.97 Å². The third-order valence-corrected chi connectivity index (χ3v) is 1.07. The minimum absolute atomic E-state index is 0.944. The highest BCUT2D eigenvalue weighted by atomic mass is 79.9. The van der Waals surface area contributed by atoms with Crippen LogP contribution in [0, 0.1) is 0 Å². The first-order valence-corrected chi connectivity index (χ1v) is 2.94. The van der Waals surface area contributed by atoms with E-state index in [1.165, 1.54) is 0 Å². The molecule has 0 radical (unpaired) electrons. The molecular weight excluding hydrogens is 194 g/mol. The Morgan fingerprint density at radius 1 is 2.00 bits per heavy atom. The molecule has 3 nitrogen and oxygen atoms in total. The van der Waals surface area contributed by atoms with Gasteiger partial charge in [0.25, 0.3) is 0 Å². The largest absolute Gasteiger partial charge is 0.479 e. The maximum Gasteiger partial charge on any atom is 0.340 e. The number of hydrogen-bond donors (Lipinski definition) is 1. The number of aliphatic imine (C=N–C) groups is 1. The zero-order valence-electron chi connectivity index (χ0n) is 3.67.